The van der Waals surface area contributed by atoms with Crippen molar-refractivity contribution in [3.63, 3.8) is 0 Å². The lowest BCUT2D eigenvalue weighted by Crippen LogP contribution is -2.30. The number of halogens is 2. The monoisotopic (exact) mass is 408 g/mol. The van der Waals surface area contributed by atoms with Crippen LogP contribution in [0.25, 0.3) is 5.57 Å². The number of amidine groups is 1. The zero-order chi connectivity index (χ0) is 19.8. The fourth-order valence-corrected chi connectivity index (χ4v) is 4.73. The molecule has 1 aromatic carbocycles. The van der Waals surface area contributed by atoms with E-state index in [-0.39, 0.29) is 24.7 Å². The van der Waals surface area contributed by atoms with Crippen molar-refractivity contribution in [2.75, 3.05) is 12.3 Å². The highest BCUT2D eigenvalue weighted by atomic mass is 32.2. The van der Waals surface area contributed by atoms with Crippen molar-refractivity contribution in [1.29, 1.82) is 0 Å². The third-order valence-electron chi connectivity index (χ3n) is 5.20. The smallest absolute Gasteiger partial charge is 0.255 e. The van der Waals surface area contributed by atoms with Crippen LogP contribution >= 0.6 is 0 Å². The molecule has 0 amide bonds. The molecule has 2 aliphatic heterocycles. The molecular weight excluding hydrogens is 386 g/mol. The molecule has 0 aromatic heterocycles. The number of hydrogen-bond acceptors (Lipinski definition) is 4. The van der Waals surface area contributed by atoms with E-state index in [9.17, 15) is 17.2 Å². The molecule has 1 aliphatic carbocycles. The first kappa shape index (κ1) is 19.1. The maximum absolute atomic E-state index is 13.3. The van der Waals surface area contributed by atoms with E-state index in [0.29, 0.717) is 37.4 Å². The molecule has 0 atom stereocenters. The molecule has 0 N–H and O–H groups in total. The molecule has 1 fully saturated rings. The highest BCUT2D eigenvalue weighted by Crippen LogP contribution is 2.35. The second-order valence-corrected chi connectivity index (χ2v) is 9.12. The first-order chi connectivity index (χ1) is 13.3. The number of ether oxygens (including phenoxy) is 1. The normalized spacial score (nSPS) is 24.0. The first-order valence-corrected chi connectivity index (χ1v) is 11.1. The number of hydrogen-bond donors (Lipinski definition) is 0. The summed E-state index contributed by atoms with van der Waals surface area (Å²) in [7, 11) is -3.48. The molecule has 0 unspecified atom stereocenters. The molecule has 4 rings (SSSR count). The van der Waals surface area contributed by atoms with E-state index in [1.165, 1.54) is 0 Å². The van der Waals surface area contributed by atoms with Crippen molar-refractivity contribution >= 4 is 21.4 Å². The third kappa shape index (κ3) is 4.27. The van der Waals surface area contributed by atoms with Gasteiger partial charge in [-0.15, -0.1) is 4.40 Å². The largest absolute Gasteiger partial charge is 0.490 e. The lowest BCUT2D eigenvalue weighted by atomic mass is 9.94. The molecular formula is C20H22F2N2O3S. The Morgan fingerprint density at radius 1 is 1.14 bits per heavy atom. The molecule has 3 aliphatic rings. The minimum Gasteiger partial charge on any atom is -0.490 e. The van der Waals surface area contributed by atoms with Crippen LogP contribution in [0.2, 0.25) is 0 Å². The van der Waals surface area contributed by atoms with Crippen LogP contribution in [0.5, 0.6) is 5.75 Å². The standard InChI is InChI=1S/C20H22F2N2O3S/c21-20(22)10-8-17(9-11-20)27-16-6-4-15(5-7-16)18-3-1-12-24-13-2-14-28(25,26)23-19(18)24/h1,3-7,12,17H,2,8-11,13-14H2. The number of rotatable bonds is 3. The lowest BCUT2D eigenvalue weighted by molar-refractivity contribution is -0.0582. The summed E-state index contributed by atoms with van der Waals surface area (Å²) in [6, 6.07) is 7.26. The van der Waals surface area contributed by atoms with Gasteiger partial charge in [0.2, 0.25) is 5.92 Å². The molecule has 5 nitrogen and oxygen atoms in total. The summed E-state index contributed by atoms with van der Waals surface area (Å²) in [5.41, 5.74) is 1.56. The highest BCUT2D eigenvalue weighted by Gasteiger charge is 2.35. The van der Waals surface area contributed by atoms with Gasteiger partial charge in [0.15, 0.2) is 5.84 Å². The fraction of sp³-hybridized carbons (Fsp3) is 0.450. The Labute approximate surface area is 163 Å². The van der Waals surface area contributed by atoms with Gasteiger partial charge < -0.3 is 9.64 Å². The van der Waals surface area contributed by atoms with Gasteiger partial charge in [-0.25, -0.2) is 17.2 Å². The minimum atomic E-state index is -3.48. The van der Waals surface area contributed by atoms with Gasteiger partial charge in [-0.1, -0.05) is 12.1 Å². The molecule has 0 saturated heterocycles. The number of benzene rings is 1. The summed E-state index contributed by atoms with van der Waals surface area (Å²) >= 11 is 0. The van der Waals surface area contributed by atoms with Crippen LogP contribution in [0, 0.1) is 0 Å². The number of allylic oxidation sites excluding steroid dienone is 2. The predicted octanol–water partition coefficient (Wildman–Crippen LogP) is 3.99. The van der Waals surface area contributed by atoms with Crippen LogP contribution in [0.3, 0.4) is 0 Å². The van der Waals surface area contributed by atoms with E-state index in [4.69, 9.17) is 4.74 Å². The average molecular weight is 408 g/mol. The zero-order valence-electron chi connectivity index (χ0n) is 15.4. The van der Waals surface area contributed by atoms with Crippen LogP contribution in [0.1, 0.15) is 37.7 Å². The van der Waals surface area contributed by atoms with Gasteiger partial charge in [0.25, 0.3) is 10.0 Å². The number of fused-ring (bicyclic) bond motifs is 1. The SMILES string of the molecule is O=S1(=O)CCCN2C=CC=C(c3ccc(OC4CCC(F)(F)CC4)cc3)C2=N1. The Bertz CT molecular complexity index is 927. The Kier molecular flexibility index (Phi) is 4.99. The van der Waals surface area contributed by atoms with Crippen LogP contribution in [-0.2, 0) is 10.0 Å². The molecule has 2 heterocycles. The van der Waals surface area contributed by atoms with Gasteiger partial charge in [0.05, 0.1) is 11.9 Å². The molecule has 0 spiro atoms. The summed E-state index contributed by atoms with van der Waals surface area (Å²) in [4.78, 5) is 1.85. The van der Waals surface area contributed by atoms with Crippen molar-refractivity contribution < 1.29 is 21.9 Å². The van der Waals surface area contributed by atoms with Gasteiger partial charge in [0, 0.05) is 31.2 Å². The Morgan fingerprint density at radius 3 is 2.57 bits per heavy atom. The second kappa shape index (κ2) is 7.31. The quantitative estimate of drug-likeness (QED) is 0.759. The van der Waals surface area contributed by atoms with E-state index in [1.54, 1.807) is 12.1 Å². The van der Waals surface area contributed by atoms with Crippen molar-refractivity contribution in [3.8, 4) is 5.75 Å². The summed E-state index contributed by atoms with van der Waals surface area (Å²) < 4.78 is 60.6. The molecule has 150 valence electrons. The zero-order valence-corrected chi connectivity index (χ0v) is 16.2. The van der Waals surface area contributed by atoms with Gasteiger partial charge in [-0.2, -0.15) is 0 Å². The predicted molar refractivity (Wildman–Crippen MR) is 104 cm³/mol. The van der Waals surface area contributed by atoms with E-state index >= 15 is 0 Å². The second-order valence-electron chi connectivity index (χ2n) is 7.37. The summed E-state index contributed by atoms with van der Waals surface area (Å²) in [6.45, 7) is 0.597. The van der Waals surface area contributed by atoms with E-state index in [2.05, 4.69) is 4.40 Å². The fourth-order valence-electron chi connectivity index (χ4n) is 3.68. The van der Waals surface area contributed by atoms with Crippen LogP contribution in [0.4, 0.5) is 8.78 Å². The Hall–Kier alpha value is -2.22. The van der Waals surface area contributed by atoms with Crippen LogP contribution in [-0.4, -0.2) is 43.5 Å². The number of nitrogens with zero attached hydrogens (tertiary/aromatic N) is 2. The topological polar surface area (TPSA) is 59.0 Å². The first-order valence-electron chi connectivity index (χ1n) is 9.44. The van der Waals surface area contributed by atoms with Crippen LogP contribution in [0.15, 0.2) is 47.0 Å². The molecule has 0 radical (unpaired) electrons. The van der Waals surface area contributed by atoms with Gasteiger partial charge in [0.1, 0.15) is 5.75 Å². The van der Waals surface area contributed by atoms with Crippen molar-refractivity contribution in [1.82, 2.24) is 4.90 Å². The van der Waals surface area contributed by atoms with Crippen LogP contribution < -0.4 is 4.74 Å². The van der Waals surface area contributed by atoms with Gasteiger partial charge in [-0.05, 0) is 49.1 Å². The van der Waals surface area contributed by atoms with E-state index in [0.717, 1.165) is 11.1 Å². The van der Waals surface area contributed by atoms with Crippen molar-refractivity contribution in [2.24, 2.45) is 4.40 Å². The van der Waals surface area contributed by atoms with Gasteiger partial charge >= 0.3 is 0 Å². The van der Waals surface area contributed by atoms with Crippen molar-refractivity contribution in [3.05, 3.63) is 48.2 Å². The van der Waals surface area contributed by atoms with E-state index in [1.807, 2.05) is 35.4 Å². The maximum Gasteiger partial charge on any atom is 0.255 e. The molecule has 1 saturated carbocycles. The molecule has 0 bridgehead atoms. The third-order valence-corrected chi connectivity index (χ3v) is 6.46. The maximum atomic E-state index is 13.3. The molecule has 28 heavy (non-hydrogen) atoms. The number of alkyl halides is 2. The highest BCUT2D eigenvalue weighted by molar-refractivity contribution is 7.90. The average Bonchev–Trinajstić information content (AvgIpc) is 2.81. The Morgan fingerprint density at radius 2 is 1.86 bits per heavy atom. The minimum absolute atomic E-state index is 0.0430. The summed E-state index contributed by atoms with van der Waals surface area (Å²) in [6.07, 6.45) is 6.28. The molecule has 8 heteroatoms. The van der Waals surface area contributed by atoms with Gasteiger partial charge in [-0.3, -0.25) is 0 Å². The Balaban J connectivity index is 1.51. The lowest BCUT2D eigenvalue weighted by Gasteiger charge is -2.28. The molecule has 1 aromatic rings. The summed E-state index contributed by atoms with van der Waals surface area (Å²) in [5, 5.41) is 0. The van der Waals surface area contributed by atoms with Crippen molar-refractivity contribution in [2.45, 2.75) is 44.1 Å². The number of sulfonamides is 1. The summed E-state index contributed by atoms with van der Waals surface area (Å²) in [5.74, 6) is -1.47. The van der Waals surface area contributed by atoms with E-state index < -0.39 is 15.9 Å².